The van der Waals surface area contributed by atoms with Gasteiger partial charge in [-0.15, -0.1) is 0 Å². The fourth-order valence-electron chi connectivity index (χ4n) is 3.46. The maximum absolute atomic E-state index is 12.5. The van der Waals surface area contributed by atoms with Crippen molar-refractivity contribution >= 4 is 28.5 Å². The van der Waals surface area contributed by atoms with Crippen LogP contribution in [-0.2, 0) is 10.2 Å². The molecule has 0 fully saturated rings. The fraction of sp³-hybridized carbons (Fsp3) is 0.192. The van der Waals surface area contributed by atoms with Crippen LogP contribution in [0.3, 0.4) is 0 Å². The van der Waals surface area contributed by atoms with Gasteiger partial charge >= 0.3 is 0 Å². The zero-order valence-corrected chi connectivity index (χ0v) is 18.4. The van der Waals surface area contributed by atoms with E-state index in [9.17, 15) is 9.59 Å². The van der Waals surface area contributed by atoms with Crippen molar-refractivity contribution in [2.45, 2.75) is 26.2 Å². The third kappa shape index (κ3) is 4.70. The SMILES string of the molecule is CC(C)(C)c1ccc(C(=O)NCC(=O)Nc2ccccc2-c2nc3ccccc3[nH]2)cc1. The highest BCUT2D eigenvalue weighted by molar-refractivity contribution is 6.01. The van der Waals surface area contributed by atoms with Gasteiger partial charge in [-0.3, -0.25) is 9.59 Å². The molecule has 0 aliphatic carbocycles. The molecule has 0 atom stereocenters. The van der Waals surface area contributed by atoms with Gasteiger partial charge in [-0.1, -0.05) is 57.2 Å². The van der Waals surface area contributed by atoms with Gasteiger partial charge in [-0.2, -0.15) is 0 Å². The molecule has 6 nitrogen and oxygen atoms in total. The highest BCUT2D eigenvalue weighted by Crippen LogP contribution is 2.27. The summed E-state index contributed by atoms with van der Waals surface area (Å²) in [6.07, 6.45) is 0. The summed E-state index contributed by atoms with van der Waals surface area (Å²) in [4.78, 5) is 32.9. The predicted molar refractivity (Wildman–Crippen MR) is 128 cm³/mol. The van der Waals surface area contributed by atoms with Crippen molar-refractivity contribution in [2.75, 3.05) is 11.9 Å². The Labute approximate surface area is 187 Å². The minimum absolute atomic E-state index is 0.0160. The number of carbonyl (C=O) groups excluding carboxylic acids is 2. The molecule has 32 heavy (non-hydrogen) atoms. The van der Waals surface area contributed by atoms with Crippen molar-refractivity contribution in [3.8, 4) is 11.4 Å². The Hall–Kier alpha value is -3.93. The molecule has 0 aliphatic heterocycles. The topological polar surface area (TPSA) is 86.9 Å². The maximum atomic E-state index is 12.5. The van der Waals surface area contributed by atoms with Crippen LogP contribution in [0.25, 0.3) is 22.4 Å². The van der Waals surface area contributed by atoms with Crippen molar-refractivity contribution in [3.05, 3.63) is 83.9 Å². The smallest absolute Gasteiger partial charge is 0.251 e. The lowest BCUT2D eigenvalue weighted by atomic mass is 9.87. The molecule has 0 saturated heterocycles. The number of rotatable bonds is 5. The highest BCUT2D eigenvalue weighted by atomic mass is 16.2. The van der Waals surface area contributed by atoms with E-state index in [0.29, 0.717) is 17.1 Å². The van der Waals surface area contributed by atoms with Gasteiger partial charge in [-0.05, 0) is 47.4 Å². The molecular weight excluding hydrogens is 400 g/mol. The number of benzene rings is 3. The predicted octanol–water partition coefficient (Wildman–Crippen LogP) is 4.90. The van der Waals surface area contributed by atoms with E-state index in [-0.39, 0.29) is 23.8 Å². The zero-order chi connectivity index (χ0) is 22.7. The molecule has 0 bridgehead atoms. The average molecular weight is 427 g/mol. The number of amides is 2. The molecular formula is C26H26N4O2. The molecule has 1 heterocycles. The fourth-order valence-corrected chi connectivity index (χ4v) is 3.46. The van der Waals surface area contributed by atoms with E-state index in [2.05, 4.69) is 41.4 Å². The first kappa shape index (κ1) is 21.3. The lowest BCUT2D eigenvalue weighted by molar-refractivity contribution is -0.115. The summed E-state index contributed by atoms with van der Waals surface area (Å²) < 4.78 is 0. The first-order valence-corrected chi connectivity index (χ1v) is 10.5. The van der Waals surface area contributed by atoms with E-state index in [1.54, 1.807) is 12.1 Å². The van der Waals surface area contributed by atoms with Crippen LogP contribution in [0.4, 0.5) is 5.69 Å². The Morgan fingerprint density at radius 1 is 0.906 bits per heavy atom. The molecule has 2 amide bonds. The van der Waals surface area contributed by atoms with E-state index in [0.717, 1.165) is 22.2 Å². The number of para-hydroxylation sites is 3. The number of H-pyrrole nitrogens is 1. The van der Waals surface area contributed by atoms with Gasteiger partial charge in [0.05, 0.1) is 23.3 Å². The first-order chi connectivity index (χ1) is 15.3. The molecule has 3 aromatic carbocycles. The van der Waals surface area contributed by atoms with Gasteiger partial charge in [0, 0.05) is 11.1 Å². The van der Waals surface area contributed by atoms with Crippen LogP contribution in [0.1, 0.15) is 36.7 Å². The lowest BCUT2D eigenvalue weighted by Gasteiger charge is -2.19. The molecule has 0 radical (unpaired) electrons. The third-order valence-corrected chi connectivity index (χ3v) is 5.27. The Bertz CT molecular complexity index is 1230. The molecule has 0 aliphatic rings. The Kier molecular flexibility index (Phi) is 5.77. The van der Waals surface area contributed by atoms with Crippen LogP contribution in [-0.4, -0.2) is 28.3 Å². The number of nitrogens with zero attached hydrogens (tertiary/aromatic N) is 1. The van der Waals surface area contributed by atoms with Gasteiger partial charge in [-0.25, -0.2) is 4.98 Å². The quantitative estimate of drug-likeness (QED) is 0.424. The van der Waals surface area contributed by atoms with Gasteiger partial charge in [0.1, 0.15) is 5.82 Å². The molecule has 1 aromatic heterocycles. The summed E-state index contributed by atoms with van der Waals surface area (Å²) in [5.74, 6) is 0.0736. The van der Waals surface area contributed by atoms with E-state index < -0.39 is 0 Å². The van der Waals surface area contributed by atoms with Crippen LogP contribution < -0.4 is 10.6 Å². The van der Waals surface area contributed by atoms with Crippen LogP contribution >= 0.6 is 0 Å². The van der Waals surface area contributed by atoms with Crippen LogP contribution in [0, 0.1) is 0 Å². The Balaban J connectivity index is 1.42. The highest BCUT2D eigenvalue weighted by Gasteiger charge is 2.15. The van der Waals surface area contributed by atoms with E-state index in [1.807, 2.05) is 60.7 Å². The monoisotopic (exact) mass is 426 g/mol. The maximum Gasteiger partial charge on any atom is 0.251 e. The molecule has 162 valence electrons. The normalized spacial score (nSPS) is 11.3. The summed E-state index contributed by atoms with van der Waals surface area (Å²) in [7, 11) is 0. The van der Waals surface area contributed by atoms with Crippen molar-refractivity contribution in [3.63, 3.8) is 0 Å². The molecule has 3 N–H and O–H groups in total. The first-order valence-electron chi connectivity index (χ1n) is 10.5. The van der Waals surface area contributed by atoms with Crippen molar-refractivity contribution < 1.29 is 9.59 Å². The second kappa shape index (κ2) is 8.67. The summed E-state index contributed by atoms with van der Waals surface area (Å²) in [6.45, 7) is 6.23. The lowest BCUT2D eigenvalue weighted by Crippen LogP contribution is -2.33. The van der Waals surface area contributed by atoms with E-state index in [1.165, 1.54) is 0 Å². The van der Waals surface area contributed by atoms with Gasteiger partial charge in [0.25, 0.3) is 5.91 Å². The van der Waals surface area contributed by atoms with Gasteiger partial charge in [0.15, 0.2) is 0 Å². The number of imidazole rings is 1. The van der Waals surface area contributed by atoms with Gasteiger partial charge in [0.2, 0.25) is 5.91 Å². The summed E-state index contributed by atoms with van der Waals surface area (Å²) in [6, 6.07) is 22.6. The number of hydrogen-bond acceptors (Lipinski definition) is 3. The second-order valence-electron chi connectivity index (χ2n) is 8.71. The number of aromatic nitrogens is 2. The molecule has 0 saturated carbocycles. The second-order valence-corrected chi connectivity index (χ2v) is 8.71. The summed E-state index contributed by atoms with van der Waals surface area (Å²) in [5.41, 5.74) is 4.87. The summed E-state index contributed by atoms with van der Waals surface area (Å²) >= 11 is 0. The van der Waals surface area contributed by atoms with E-state index in [4.69, 9.17) is 0 Å². The molecule has 6 heteroatoms. The molecule has 4 rings (SSSR count). The molecule has 0 spiro atoms. The van der Waals surface area contributed by atoms with Crippen LogP contribution in [0.15, 0.2) is 72.8 Å². The van der Waals surface area contributed by atoms with Crippen molar-refractivity contribution in [2.24, 2.45) is 0 Å². The number of nitrogens with one attached hydrogen (secondary N) is 3. The van der Waals surface area contributed by atoms with Crippen LogP contribution in [0.2, 0.25) is 0 Å². The standard InChI is InChI=1S/C26H26N4O2/c1-26(2,3)18-14-12-17(13-15-18)25(32)27-16-23(31)28-20-9-5-4-8-19(20)24-29-21-10-6-7-11-22(21)30-24/h4-15H,16H2,1-3H3,(H,27,32)(H,28,31)(H,29,30). The van der Waals surface area contributed by atoms with Crippen molar-refractivity contribution in [1.29, 1.82) is 0 Å². The average Bonchev–Trinajstić information content (AvgIpc) is 3.21. The molecule has 0 unspecified atom stereocenters. The number of hydrogen-bond donors (Lipinski definition) is 3. The number of fused-ring (bicyclic) bond motifs is 1. The molecule has 4 aromatic rings. The van der Waals surface area contributed by atoms with Crippen LogP contribution in [0.5, 0.6) is 0 Å². The number of carbonyl (C=O) groups is 2. The van der Waals surface area contributed by atoms with Gasteiger partial charge < -0.3 is 15.6 Å². The number of aromatic amines is 1. The summed E-state index contributed by atoms with van der Waals surface area (Å²) in [5, 5.41) is 5.56. The number of anilines is 1. The zero-order valence-electron chi connectivity index (χ0n) is 18.4. The Morgan fingerprint density at radius 3 is 2.31 bits per heavy atom. The third-order valence-electron chi connectivity index (χ3n) is 5.27. The Morgan fingerprint density at radius 2 is 1.59 bits per heavy atom. The van der Waals surface area contributed by atoms with E-state index >= 15 is 0 Å². The minimum atomic E-state index is -0.312. The largest absolute Gasteiger partial charge is 0.343 e. The minimum Gasteiger partial charge on any atom is -0.343 e. The van der Waals surface area contributed by atoms with Crippen molar-refractivity contribution in [1.82, 2.24) is 15.3 Å².